The topological polar surface area (TPSA) is 156 Å². The summed E-state index contributed by atoms with van der Waals surface area (Å²) in [5.41, 5.74) is 14.0. The number of nitrogen functional groups attached to an aromatic ring is 1. The molecule has 1 amide bonds. The molecule has 0 saturated heterocycles. The van der Waals surface area contributed by atoms with E-state index >= 15 is 4.39 Å². The van der Waals surface area contributed by atoms with Crippen molar-refractivity contribution in [3.05, 3.63) is 94.0 Å². The van der Waals surface area contributed by atoms with Crippen LogP contribution in [0, 0.1) is 5.82 Å². The average molecular weight is 584 g/mol. The molecule has 1 unspecified atom stereocenters. The third-order valence-electron chi connectivity index (χ3n) is 8.55. The van der Waals surface area contributed by atoms with E-state index in [1.165, 1.54) is 17.1 Å². The highest BCUT2D eigenvalue weighted by Gasteiger charge is 2.35. The number of primary amides is 1. The maximum atomic E-state index is 16.1. The number of aliphatic hydroxyl groups excluding tert-OH is 1. The Morgan fingerprint density at radius 1 is 1.05 bits per heavy atom. The van der Waals surface area contributed by atoms with Crippen LogP contribution < -0.4 is 17.0 Å². The maximum Gasteiger partial charge on any atom is 0.284 e. The molecule has 0 spiro atoms. The molecule has 11 nitrogen and oxygen atoms in total. The lowest BCUT2D eigenvalue weighted by molar-refractivity contribution is 0.0389. The monoisotopic (exact) mass is 583 g/mol. The van der Waals surface area contributed by atoms with Crippen molar-refractivity contribution in [3.63, 3.8) is 0 Å². The number of anilines is 1. The lowest BCUT2D eigenvalue weighted by Gasteiger charge is -2.28. The van der Waals surface area contributed by atoms with Crippen LogP contribution in [-0.4, -0.2) is 47.6 Å². The van der Waals surface area contributed by atoms with Gasteiger partial charge in [0.05, 0.1) is 36.0 Å². The van der Waals surface area contributed by atoms with Gasteiger partial charge >= 0.3 is 0 Å². The Bertz CT molecular complexity index is 1920. The number of benzene rings is 2. The fourth-order valence-corrected chi connectivity index (χ4v) is 6.54. The zero-order chi connectivity index (χ0) is 29.8. The number of aromatic nitrogens is 5. The number of carbonyl (C=O) groups excluding carboxylic acids is 1. The van der Waals surface area contributed by atoms with Gasteiger partial charge in [-0.2, -0.15) is 0 Å². The molecule has 2 aliphatic rings. The van der Waals surface area contributed by atoms with Crippen molar-refractivity contribution in [2.75, 3.05) is 12.3 Å². The molecule has 0 bridgehead atoms. The number of halogens is 1. The molecule has 12 heteroatoms. The van der Waals surface area contributed by atoms with Crippen molar-refractivity contribution in [1.82, 2.24) is 23.9 Å². The normalized spacial score (nSPS) is 20.3. The molecule has 1 aliphatic carbocycles. The van der Waals surface area contributed by atoms with Crippen molar-refractivity contribution >= 4 is 22.8 Å². The quantitative estimate of drug-likeness (QED) is 0.286. The van der Waals surface area contributed by atoms with Crippen LogP contribution in [0.5, 0.6) is 0 Å². The van der Waals surface area contributed by atoms with Gasteiger partial charge < -0.3 is 25.9 Å². The predicted molar refractivity (Wildman–Crippen MR) is 157 cm³/mol. The second kappa shape index (κ2) is 10.5. The largest absolute Gasteiger partial charge is 0.393 e. The average Bonchev–Trinajstić information content (AvgIpc) is 3.54. The molecule has 1 fully saturated rings. The lowest BCUT2D eigenvalue weighted by atomic mass is 9.93. The van der Waals surface area contributed by atoms with Gasteiger partial charge in [-0.05, 0) is 49.4 Å². The van der Waals surface area contributed by atoms with Crippen LogP contribution in [0.25, 0.3) is 27.8 Å². The first-order valence-corrected chi connectivity index (χ1v) is 14.2. The SMILES string of the molecule is NC(=O)c1c2n(n(-c3ccccc3)c1=O)CCOC2c1ccc(-c2cn(C3CCC(O)CC3)c3ncnc(N)c23)c(F)c1. The number of para-hydroxylation sites is 1. The number of fused-ring (bicyclic) bond motifs is 2. The van der Waals surface area contributed by atoms with E-state index in [-0.39, 0.29) is 35.8 Å². The number of rotatable bonds is 5. The number of aliphatic hydroxyl groups is 1. The van der Waals surface area contributed by atoms with Gasteiger partial charge in [0.15, 0.2) is 0 Å². The first kappa shape index (κ1) is 27.0. The molecule has 43 heavy (non-hydrogen) atoms. The smallest absolute Gasteiger partial charge is 0.284 e. The number of carbonyl (C=O) groups is 1. The van der Waals surface area contributed by atoms with Gasteiger partial charge in [0, 0.05) is 23.4 Å². The highest BCUT2D eigenvalue weighted by Crippen LogP contribution is 2.40. The zero-order valence-corrected chi connectivity index (χ0v) is 23.2. The molecule has 220 valence electrons. The summed E-state index contributed by atoms with van der Waals surface area (Å²) in [4.78, 5) is 34.7. The highest BCUT2D eigenvalue weighted by molar-refractivity contribution is 6.01. The standard InChI is InChI=1S/C31H30FN7O4/c32-23-14-17(27-26-25(29(34)41)31(42)39(38(26)12-13-43-27)19-4-2-1-3-5-19)6-11-21(23)22-15-37(18-7-9-20(40)10-8-18)30-24(22)28(33)35-16-36-30/h1-6,11,14-16,18,20,27,40H,7-10,12-13H2,(H2,34,41)(H2,33,35,36). The summed E-state index contributed by atoms with van der Waals surface area (Å²) in [5, 5.41) is 10.6. The van der Waals surface area contributed by atoms with E-state index in [4.69, 9.17) is 16.2 Å². The molecule has 7 rings (SSSR count). The molecule has 2 aromatic carbocycles. The number of hydrogen-bond acceptors (Lipinski definition) is 7. The van der Waals surface area contributed by atoms with Crippen molar-refractivity contribution in [3.8, 4) is 16.8 Å². The van der Waals surface area contributed by atoms with Crippen molar-refractivity contribution in [2.24, 2.45) is 5.73 Å². The molecule has 1 saturated carbocycles. The van der Waals surface area contributed by atoms with Crippen LogP contribution in [0.15, 0.2) is 65.8 Å². The van der Waals surface area contributed by atoms with Gasteiger partial charge in [-0.15, -0.1) is 0 Å². The summed E-state index contributed by atoms with van der Waals surface area (Å²) in [5.74, 6) is -1.18. The minimum atomic E-state index is -0.902. The van der Waals surface area contributed by atoms with Crippen molar-refractivity contribution in [1.29, 1.82) is 0 Å². The second-order valence-corrected chi connectivity index (χ2v) is 11.1. The molecule has 5 N–H and O–H groups in total. The first-order chi connectivity index (χ1) is 20.8. The number of nitrogens with two attached hydrogens (primary N) is 2. The molecular formula is C31H30FN7O4. The first-order valence-electron chi connectivity index (χ1n) is 14.2. The van der Waals surface area contributed by atoms with Crippen molar-refractivity contribution in [2.45, 2.75) is 50.5 Å². The molecule has 0 radical (unpaired) electrons. The van der Waals surface area contributed by atoms with E-state index in [1.54, 1.807) is 41.1 Å². The molecule has 5 aromatic rings. The van der Waals surface area contributed by atoms with Crippen LogP contribution in [0.1, 0.15) is 59.4 Å². The molecule has 4 heterocycles. The number of nitrogens with zero attached hydrogens (tertiary/aromatic N) is 5. The summed E-state index contributed by atoms with van der Waals surface area (Å²) >= 11 is 0. The van der Waals surface area contributed by atoms with Gasteiger partial charge in [0.25, 0.3) is 11.5 Å². The van der Waals surface area contributed by atoms with E-state index in [0.29, 0.717) is 52.8 Å². The van der Waals surface area contributed by atoms with Crippen LogP contribution >= 0.6 is 0 Å². The predicted octanol–water partition coefficient (Wildman–Crippen LogP) is 3.47. The maximum absolute atomic E-state index is 16.1. The van der Waals surface area contributed by atoms with Gasteiger partial charge in [-0.25, -0.2) is 19.0 Å². The highest BCUT2D eigenvalue weighted by atomic mass is 19.1. The Balaban J connectivity index is 1.33. The van der Waals surface area contributed by atoms with Gasteiger partial charge in [0.1, 0.15) is 35.3 Å². The second-order valence-electron chi connectivity index (χ2n) is 11.1. The van der Waals surface area contributed by atoms with E-state index in [0.717, 1.165) is 12.8 Å². The van der Waals surface area contributed by atoms with E-state index < -0.39 is 23.4 Å². The Labute approximate surface area is 245 Å². The van der Waals surface area contributed by atoms with Gasteiger partial charge in [-0.1, -0.05) is 30.3 Å². The fourth-order valence-electron chi connectivity index (χ4n) is 6.54. The summed E-state index contributed by atoms with van der Waals surface area (Å²) < 4.78 is 27.3. The summed E-state index contributed by atoms with van der Waals surface area (Å²) in [6, 6.07) is 13.7. The third kappa shape index (κ3) is 4.41. The van der Waals surface area contributed by atoms with E-state index in [1.807, 2.05) is 16.8 Å². The van der Waals surface area contributed by atoms with Gasteiger partial charge in [0.2, 0.25) is 0 Å². The fraction of sp³-hybridized carbons (Fsp3) is 0.290. The van der Waals surface area contributed by atoms with E-state index in [9.17, 15) is 14.7 Å². The zero-order valence-electron chi connectivity index (χ0n) is 23.2. The van der Waals surface area contributed by atoms with Crippen LogP contribution in [0.2, 0.25) is 0 Å². The Morgan fingerprint density at radius 2 is 1.81 bits per heavy atom. The van der Waals surface area contributed by atoms with Crippen LogP contribution in [0.3, 0.4) is 0 Å². The van der Waals surface area contributed by atoms with Crippen molar-refractivity contribution < 1.29 is 19.0 Å². The van der Waals surface area contributed by atoms with Crippen LogP contribution in [-0.2, 0) is 11.3 Å². The minimum absolute atomic E-state index is 0.0875. The summed E-state index contributed by atoms with van der Waals surface area (Å²) in [7, 11) is 0. The minimum Gasteiger partial charge on any atom is -0.393 e. The van der Waals surface area contributed by atoms with E-state index in [2.05, 4.69) is 9.97 Å². The number of amides is 1. The van der Waals surface area contributed by atoms with Gasteiger partial charge in [-0.3, -0.25) is 14.3 Å². The summed E-state index contributed by atoms with van der Waals surface area (Å²) in [6.45, 7) is 0.540. The van der Waals surface area contributed by atoms with Crippen LogP contribution in [0.4, 0.5) is 10.2 Å². The third-order valence-corrected chi connectivity index (χ3v) is 8.55. The Morgan fingerprint density at radius 3 is 2.53 bits per heavy atom. The molecule has 1 atom stereocenters. The number of hydrogen-bond donors (Lipinski definition) is 3. The molecular weight excluding hydrogens is 553 g/mol. The molecule has 1 aliphatic heterocycles. The number of ether oxygens (including phenoxy) is 1. The Hall–Kier alpha value is -4.81. The molecule has 3 aromatic heterocycles. The lowest BCUT2D eigenvalue weighted by Crippen LogP contribution is -2.28. The Kier molecular flexibility index (Phi) is 6.59. The summed E-state index contributed by atoms with van der Waals surface area (Å²) in [6.07, 6.45) is 4.91.